The van der Waals surface area contributed by atoms with Gasteiger partial charge in [0, 0.05) is 35.6 Å². The van der Waals surface area contributed by atoms with Crippen LogP contribution in [0.2, 0.25) is 5.02 Å². The molecule has 0 amide bonds. The number of halogens is 1. The van der Waals surface area contributed by atoms with Crippen molar-refractivity contribution in [1.29, 1.82) is 0 Å². The molecule has 2 heterocycles. The Morgan fingerprint density at radius 3 is 2.94 bits per heavy atom. The predicted molar refractivity (Wildman–Crippen MR) is 77.6 cm³/mol. The number of aryl methyl sites for hydroxylation is 1. The van der Waals surface area contributed by atoms with Gasteiger partial charge in [0.2, 0.25) is 0 Å². The summed E-state index contributed by atoms with van der Waals surface area (Å²) in [6.07, 6.45) is 2.81. The molecular formula is C13H15ClN2OS. The fourth-order valence-corrected chi connectivity index (χ4v) is 2.70. The van der Waals surface area contributed by atoms with Gasteiger partial charge in [-0.1, -0.05) is 18.5 Å². The molecule has 0 unspecified atom stereocenters. The minimum absolute atomic E-state index is 0.0431. The largest absolute Gasteiger partial charge is 0.379 e. The van der Waals surface area contributed by atoms with Crippen molar-refractivity contribution in [2.75, 3.05) is 5.32 Å². The molecule has 0 spiro atoms. The molecule has 2 aromatic heterocycles. The van der Waals surface area contributed by atoms with E-state index in [-0.39, 0.29) is 5.56 Å². The van der Waals surface area contributed by atoms with Crippen LogP contribution in [0.5, 0.6) is 0 Å². The molecule has 0 saturated carbocycles. The van der Waals surface area contributed by atoms with Crippen LogP contribution in [0.25, 0.3) is 0 Å². The molecule has 0 saturated heterocycles. The number of anilines is 1. The Balaban J connectivity index is 2.05. The molecule has 2 rings (SSSR count). The normalized spacial score (nSPS) is 10.6. The SMILES string of the molecule is CCCn1cc(NCc2cc(Cl)cs2)ccc1=O. The summed E-state index contributed by atoms with van der Waals surface area (Å²) < 4.78 is 1.73. The second kappa shape index (κ2) is 6.07. The Morgan fingerprint density at radius 2 is 2.28 bits per heavy atom. The summed E-state index contributed by atoms with van der Waals surface area (Å²) in [6, 6.07) is 5.35. The average molecular weight is 283 g/mol. The monoisotopic (exact) mass is 282 g/mol. The Bertz CT molecular complexity index is 576. The van der Waals surface area contributed by atoms with E-state index in [1.165, 1.54) is 4.88 Å². The lowest BCUT2D eigenvalue weighted by Gasteiger charge is -2.08. The molecule has 2 aromatic rings. The number of nitrogens with one attached hydrogen (secondary N) is 1. The molecule has 0 aliphatic rings. The van der Waals surface area contributed by atoms with Crippen LogP contribution in [0, 0.1) is 0 Å². The van der Waals surface area contributed by atoms with Gasteiger partial charge in [-0.15, -0.1) is 11.3 Å². The number of hydrogen-bond donors (Lipinski definition) is 1. The first-order valence-corrected chi connectivity index (χ1v) is 7.12. The number of thiophene rings is 1. The highest BCUT2D eigenvalue weighted by atomic mass is 35.5. The van der Waals surface area contributed by atoms with E-state index in [0.29, 0.717) is 0 Å². The van der Waals surface area contributed by atoms with Gasteiger partial charge in [0.1, 0.15) is 0 Å². The van der Waals surface area contributed by atoms with Crippen LogP contribution in [-0.2, 0) is 13.1 Å². The van der Waals surface area contributed by atoms with E-state index in [1.54, 1.807) is 22.0 Å². The van der Waals surface area contributed by atoms with Gasteiger partial charge in [-0.3, -0.25) is 4.79 Å². The molecule has 5 heteroatoms. The fraction of sp³-hybridized carbons (Fsp3) is 0.308. The van der Waals surface area contributed by atoms with E-state index in [2.05, 4.69) is 12.2 Å². The molecule has 0 aromatic carbocycles. The minimum atomic E-state index is 0.0431. The van der Waals surface area contributed by atoms with Gasteiger partial charge in [-0.25, -0.2) is 0 Å². The number of rotatable bonds is 5. The molecule has 0 aliphatic heterocycles. The topological polar surface area (TPSA) is 34.0 Å². The van der Waals surface area contributed by atoms with Gasteiger partial charge in [0.25, 0.3) is 5.56 Å². The standard InChI is InChI=1S/C13H15ClN2OS/c1-2-5-16-8-11(3-4-13(16)17)15-7-12-6-10(14)9-18-12/h3-4,6,8-9,15H,2,5,7H2,1H3. The van der Waals surface area contributed by atoms with Crippen molar-refractivity contribution in [3.63, 3.8) is 0 Å². The van der Waals surface area contributed by atoms with E-state index in [1.807, 2.05) is 23.7 Å². The molecular weight excluding hydrogens is 268 g/mol. The molecule has 0 atom stereocenters. The average Bonchev–Trinajstić information content (AvgIpc) is 2.76. The summed E-state index contributed by atoms with van der Waals surface area (Å²) in [6.45, 7) is 3.53. The summed E-state index contributed by atoms with van der Waals surface area (Å²) in [5.74, 6) is 0. The van der Waals surface area contributed by atoms with Crippen molar-refractivity contribution in [3.05, 3.63) is 50.0 Å². The van der Waals surface area contributed by atoms with E-state index in [4.69, 9.17) is 11.6 Å². The summed E-state index contributed by atoms with van der Waals surface area (Å²) in [5, 5.41) is 5.98. The zero-order chi connectivity index (χ0) is 13.0. The Hall–Kier alpha value is -1.26. The van der Waals surface area contributed by atoms with Crippen molar-refractivity contribution in [2.45, 2.75) is 26.4 Å². The van der Waals surface area contributed by atoms with Crippen LogP contribution < -0.4 is 10.9 Å². The number of pyridine rings is 1. The maximum absolute atomic E-state index is 11.6. The van der Waals surface area contributed by atoms with Crippen molar-refractivity contribution in [3.8, 4) is 0 Å². The maximum Gasteiger partial charge on any atom is 0.250 e. The molecule has 18 heavy (non-hydrogen) atoms. The highest BCUT2D eigenvalue weighted by Gasteiger charge is 2.00. The fourth-order valence-electron chi connectivity index (χ4n) is 1.69. The van der Waals surface area contributed by atoms with Gasteiger partial charge in [0.15, 0.2) is 0 Å². The summed E-state index contributed by atoms with van der Waals surface area (Å²) in [4.78, 5) is 12.7. The highest BCUT2D eigenvalue weighted by Crippen LogP contribution is 2.20. The lowest BCUT2D eigenvalue weighted by Crippen LogP contribution is -2.18. The zero-order valence-electron chi connectivity index (χ0n) is 10.1. The van der Waals surface area contributed by atoms with Crippen LogP contribution in [-0.4, -0.2) is 4.57 Å². The van der Waals surface area contributed by atoms with Crippen LogP contribution in [0.15, 0.2) is 34.6 Å². The van der Waals surface area contributed by atoms with E-state index < -0.39 is 0 Å². The third-order valence-corrected chi connectivity index (χ3v) is 3.82. The van der Waals surface area contributed by atoms with Gasteiger partial charge in [0.05, 0.1) is 10.7 Å². The molecule has 0 radical (unpaired) electrons. The molecule has 0 fully saturated rings. The Labute approximate surface area is 115 Å². The van der Waals surface area contributed by atoms with Crippen LogP contribution in [0.3, 0.4) is 0 Å². The minimum Gasteiger partial charge on any atom is -0.379 e. The van der Waals surface area contributed by atoms with Gasteiger partial charge in [-0.2, -0.15) is 0 Å². The second-order valence-electron chi connectivity index (χ2n) is 4.03. The van der Waals surface area contributed by atoms with Crippen LogP contribution in [0.4, 0.5) is 5.69 Å². The zero-order valence-corrected chi connectivity index (χ0v) is 11.7. The van der Waals surface area contributed by atoms with Crippen molar-refractivity contribution < 1.29 is 0 Å². The molecule has 1 N–H and O–H groups in total. The van der Waals surface area contributed by atoms with Crippen molar-refractivity contribution in [1.82, 2.24) is 4.57 Å². The van der Waals surface area contributed by atoms with E-state index in [0.717, 1.165) is 30.2 Å². The Kier molecular flexibility index (Phi) is 4.44. The summed E-state index contributed by atoms with van der Waals surface area (Å²) >= 11 is 7.49. The molecule has 0 aliphatic carbocycles. The first-order chi connectivity index (χ1) is 8.69. The highest BCUT2D eigenvalue weighted by molar-refractivity contribution is 7.10. The molecule has 3 nitrogen and oxygen atoms in total. The van der Waals surface area contributed by atoms with Crippen LogP contribution >= 0.6 is 22.9 Å². The molecule has 96 valence electrons. The number of nitrogens with zero attached hydrogens (tertiary/aromatic N) is 1. The van der Waals surface area contributed by atoms with E-state index in [9.17, 15) is 4.79 Å². The number of hydrogen-bond acceptors (Lipinski definition) is 3. The summed E-state index contributed by atoms with van der Waals surface area (Å²) in [7, 11) is 0. The second-order valence-corrected chi connectivity index (χ2v) is 5.47. The quantitative estimate of drug-likeness (QED) is 0.909. The number of aromatic nitrogens is 1. The maximum atomic E-state index is 11.6. The van der Waals surface area contributed by atoms with Gasteiger partial charge < -0.3 is 9.88 Å². The van der Waals surface area contributed by atoms with Gasteiger partial charge in [-0.05, 0) is 18.6 Å². The lowest BCUT2D eigenvalue weighted by molar-refractivity contribution is 0.655. The third kappa shape index (κ3) is 3.37. The van der Waals surface area contributed by atoms with E-state index >= 15 is 0 Å². The smallest absolute Gasteiger partial charge is 0.250 e. The van der Waals surface area contributed by atoms with Crippen LogP contribution in [0.1, 0.15) is 18.2 Å². The van der Waals surface area contributed by atoms with Crippen molar-refractivity contribution in [2.24, 2.45) is 0 Å². The first kappa shape index (κ1) is 13.2. The summed E-state index contributed by atoms with van der Waals surface area (Å²) in [5.41, 5.74) is 0.995. The Morgan fingerprint density at radius 1 is 1.44 bits per heavy atom. The first-order valence-electron chi connectivity index (χ1n) is 5.86. The van der Waals surface area contributed by atoms with Crippen molar-refractivity contribution >= 4 is 28.6 Å². The third-order valence-electron chi connectivity index (χ3n) is 2.54. The predicted octanol–water partition coefficient (Wildman–Crippen LogP) is 3.59. The van der Waals surface area contributed by atoms with Gasteiger partial charge >= 0.3 is 0 Å². The lowest BCUT2D eigenvalue weighted by atomic mass is 10.3. The molecule has 0 bridgehead atoms.